The number of aromatic nitrogens is 3. The summed E-state index contributed by atoms with van der Waals surface area (Å²) in [6.45, 7) is 3.56. The Morgan fingerprint density at radius 1 is 1.08 bits per heavy atom. The van der Waals surface area contributed by atoms with Crippen molar-refractivity contribution in [3.05, 3.63) is 46.5 Å². The molecule has 0 atom stereocenters. The van der Waals surface area contributed by atoms with E-state index in [-0.39, 0.29) is 15.7 Å². The molecule has 0 radical (unpaired) electrons. The monoisotopic (exact) mass is 392 g/mol. The van der Waals surface area contributed by atoms with Crippen molar-refractivity contribution in [1.82, 2.24) is 20.3 Å². The number of piperazine rings is 1. The number of nitrogens with one attached hydrogen (secondary N) is 2. The fourth-order valence-corrected chi connectivity index (χ4v) is 3.15. The smallest absolute Gasteiger partial charge is 0.166 e. The number of pyridine rings is 1. The van der Waals surface area contributed by atoms with Crippen molar-refractivity contribution in [1.29, 1.82) is 0 Å². The van der Waals surface area contributed by atoms with E-state index in [1.165, 1.54) is 18.5 Å². The highest BCUT2D eigenvalue weighted by molar-refractivity contribution is 6.42. The molecule has 0 amide bonds. The molecular weight excluding hydrogens is 378 g/mol. The van der Waals surface area contributed by atoms with E-state index < -0.39 is 5.82 Å². The van der Waals surface area contributed by atoms with Gasteiger partial charge in [0.05, 0.1) is 21.2 Å². The quantitative estimate of drug-likeness (QED) is 0.663. The molecule has 4 rings (SSSR count). The van der Waals surface area contributed by atoms with Crippen LogP contribution in [0.4, 0.5) is 21.7 Å². The normalized spacial score (nSPS) is 14.7. The van der Waals surface area contributed by atoms with Crippen LogP contribution in [0.3, 0.4) is 0 Å². The maximum absolute atomic E-state index is 14.4. The van der Waals surface area contributed by atoms with Crippen molar-refractivity contribution >= 4 is 51.6 Å². The van der Waals surface area contributed by atoms with Crippen LogP contribution in [0.2, 0.25) is 10.0 Å². The number of halogens is 3. The number of hydrogen-bond acceptors (Lipinski definition) is 6. The largest absolute Gasteiger partial charge is 0.354 e. The molecule has 1 aliphatic heterocycles. The molecule has 3 heterocycles. The van der Waals surface area contributed by atoms with Crippen LogP contribution in [-0.4, -0.2) is 41.1 Å². The first-order valence-electron chi connectivity index (χ1n) is 8.11. The highest BCUT2D eigenvalue weighted by Crippen LogP contribution is 2.32. The van der Waals surface area contributed by atoms with Crippen molar-refractivity contribution < 1.29 is 4.39 Å². The molecule has 1 aromatic carbocycles. The molecule has 0 bridgehead atoms. The van der Waals surface area contributed by atoms with E-state index in [0.29, 0.717) is 16.9 Å². The second-order valence-electron chi connectivity index (χ2n) is 5.84. The number of rotatable bonds is 3. The van der Waals surface area contributed by atoms with E-state index in [1.807, 2.05) is 12.1 Å². The number of hydrogen-bond donors (Lipinski definition) is 2. The summed E-state index contributed by atoms with van der Waals surface area (Å²) in [5.41, 5.74) is 1.41. The van der Waals surface area contributed by atoms with Crippen LogP contribution >= 0.6 is 23.2 Å². The number of fused-ring (bicyclic) bond motifs is 1. The molecule has 2 N–H and O–H groups in total. The van der Waals surface area contributed by atoms with Gasteiger partial charge < -0.3 is 15.5 Å². The molecular formula is C17H15Cl2FN6. The first-order chi connectivity index (χ1) is 12.6. The van der Waals surface area contributed by atoms with Gasteiger partial charge in [-0.25, -0.2) is 19.3 Å². The second-order valence-corrected chi connectivity index (χ2v) is 6.63. The number of nitrogens with zero attached hydrogens (tertiary/aromatic N) is 4. The minimum Gasteiger partial charge on any atom is -0.354 e. The van der Waals surface area contributed by atoms with Gasteiger partial charge in [-0.3, -0.25) is 0 Å². The Morgan fingerprint density at radius 2 is 1.88 bits per heavy atom. The standard InChI is InChI=1S/C17H15Cl2FN6/c18-10-1-2-11(15(20)14(10)19)24-17-16-12(22-9-23-17)3-4-13(25-16)26-7-5-21-6-8-26/h1-4,9,21H,5-8H2,(H,22,23,24). The van der Waals surface area contributed by atoms with Crippen LogP contribution in [0, 0.1) is 5.82 Å². The van der Waals surface area contributed by atoms with E-state index >= 15 is 0 Å². The van der Waals surface area contributed by atoms with Crippen LogP contribution in [0.5, 0.6) is 0 Å². The lowest BCUT2D eigenvalue weighted by atomic mass is 10.2. The summed E-state index contributed by atoms with van der Waals surface area (Å²) in [6.07, 6.45) is 1.41. The molecule has 0 unspecified atom stereocenters. The van der Waals surface area contributed by atoms with E-state index in [9.17, 15) is 4.39 Å². The molecule has 6 nitrogen and oxygen atoms in total. The third-order valence-corrected chi connectivity index (χ3v) is 4.98. The molecule has 134 valence electrons. The minimum absolute atomic E-state index is 0.135. The SMILES string of the molecule is Fc1c(Nc2ncnc3ccc(N4CCNCC4)nc23)ccc(Cl)c1Cl. The summed E-state index contributed by atoms with van der Waals surface area (Å²) in [5.74, 6) is 0.611. The first-order valence-corrected chi connectivity index (χ1v) is 8.87. The Hall–Kier alpha value is -2.22. The summed E-state index contributed by atoms with van der Waals surface area (Å²) >= 11 is 11.7. The van der Waals surface area contributed by atoms with Gasteiger partial charge in [-0.15, -0.1) is 0 Å². The van der Waals surface area contributed by atoms with E-state index in [1.54, 1.807) is 0 Å². The predicted octanol–water partition coefficient (Wildman–Crippen LogP) is 3.62. The van der Waals surface area contributed by atoms with Crippen LogP contribution in [0.1, 0.15) is 0 Å². The van der Waals surface area contributed by atoms with E-state index in [4.69, 9.17) is 28.2 Å². The van der Waals surface area contributed by atoms with Crippen molar-refractivity contribution in [2.45, 2.75) is 0 Å². The molecule has 0 spiro atoms. The number of benzene rings is 1. The second kappa shape index (κ2) is 7.19. The van der Waals surface area contributed by atoms with Gasteiger partial charge in [0.2, 0.25) is 0 Å². The molecule has 3 aromatic rings. The molecule has 9 heteroatoms. The van der Waals surface area contributed by atoms with Crippen LogP contribution in [-0.2, 0) is 0 Å². The van der Waals surface area contributed by atoms with Gasteiger partial charge in [0.1, 0.15) is 17.7 Å². The Labute approximate surface area is 159 Å². The Balaban J connectivity index is 1.74. The van der Waals surface area contributed by atoms with Crippen molar-refractivity contribution in [2.24, 2.45) is 0 Å². The zero-order chi connectivity index (χ0) is 18.1. The lowest BCUT2D eigenvalue weighted by molar-refractivity contribution is 0.585. The molecule has 0 saturated carbocycles. The van der Waals surface area contributed by atoms with Gasteiger partial charge in [0, 0.05) is 26.2 Å². The average molecular weight is 393 g/mol. The highest BCUT2D eigenvalue weighted by Gasteiger charge is 2.16. The summed E-state index contributed by atoms with van der Waals surface area (Å²) in [6, 6.07) is 6.86. The van der Waals surface area contributed by atoms with Crippen LogP contribution in [0.15, 0.2) is 30.6 Å². The molecule has 1 aliphatic rings. The highest BCUT2D eigenvalue weighted by atomic mass is 35.5. The maximum atomic E-state index is 14.4. The van der Waals surface area contributed by atoms with E-state index in [0.717, 1.165) is 32.0 Å². The summed E-state index contributed by atoms with van der Waals surface area (Å²) < 4.78 is 14.4. The lowest BCUT2D eigenvalue weighted by Crippen LogP contribution is -2.43. The van der Waals surface area contributed by atoms with Crippen molar-refractivity contribution in [3.8, 4) is 0 Å². The average Bonchev–Trinajstić information content (AvgIpc) is 2.69. The Morgan fingerprint density at radius 3 is 2.69 bits per heavy atom. The molecule has 26 heavy (non-hydrogen) atoms. The lowest BCUT2D eigenvalue weighted by Gasteiger charge is -2.28. The van der Waals surface area contributed by atoms with Gasteiger partial charge in [0.25, 0.3) is 0 Å². The van der Waals surface area contributed by atoms with Gasteiger partial charge >= 0.3 is 0 Å². The summed E-state index contributed by atoms with van der Waals surface area (Å²) in [4.78, 5) is 15.3. The predicted molar refractivity (Wildman–Crippen MR) is 102 cm³/mol. The van der Waals surface area contributed by atoms with Crippen LogP contribution in [0.25, 0.3) is 11.0 Å². The van der Waals surface area contributed by atoms with Crippen LogP contribution < -0.4 is 15.5 Å². The first kappa shape index (κ1) is 17.2. The Bertz CT molecular complexity index is 961. The fourth-order valence-electron chi connectivity index (χ4n) is 2.84. The zero-order valence-electron chi connectivity index (χ0n) is 13.6. The topological polar surface area (TPSA) is 66.0 Å². The fraction of sp³-hybridized carbons (Fsp3) is 0.235. The zero-order valence-corrected chi connectivity index (χ0v) is 15.1. The maximum Gasteiger partial charge on any atom is 0.166 e. The third kappa shape index (κ3) is 3.25. The number of anilines is 3. The van der Waals surface area contributed by atoms with Gasteiger partial charge in [-0.2, -0.15) is 0 Å². The third-order valence-electron chi connectivity index (χ3n) is 4.20. The summed E-state index contributed by atoms with van der Waals surface area (Å²) in [5, 5.41) is 6.28. The minimum atomic E-state index is -0.635. The van der Waals surface area contributed by atoms with E-state index in [2.05, 4.69) is 25.5 Å². The molecule has 1 fully saturated rings. The van der Waals surface area contributed by atoms with Gasteiger partial charge in [-0.05, 0) is 24.3 Å². The van der Waals surface area contributed by atoms with Crippen molar-refractivity contribution in [2.75, 3.05) is 36.4 Å². The summed E-state index contributed by atoms with van der Waals surface area (Å²) in [7, 11) is 0. The van der Waals surface area contributed by atoms with Crippen molar-refractivity contribution in [3.63, 3.8) is 0 Å². The Kier molecular flexibility index (Phi) is 4.76. The van der Waals surface area contributed by atoms with Gasteiger partial charge in [0.15, 0.2) is 11.6 Å². The molecule has 1 saturated heterocycles. The molecule has 2 aromatic heterocycles. The van der Waals surface area contributed by atoms with Gasteiger partial charge in [-0.1, -0.05) is 23.2 Å². The molecule has 0 aliphatic carbocycles.